The van der Waals surface area contributed by atoms with Gasteiger partial charge in [0.1, 0.15) is 0 Å². The number of alkyl halides is 1. The van der Waals surface area contributed by atoms with Crippen LogP contribution in [0.15, 0.2) is 24.5 Å². The molecular weight excluding hydrogens is 237 g/mol. The fraction of sp³-hybridized carbons (Fsp3) is 0.375. The van der Waals surface area contributed by atoms with Crippen LogP contribution in [-0.2, 0) is 0 Å². The molecule has 1 aromatic heterocycles. The van der Waals surface area contributed by atoms with Gasteiger partial charge in [0.05, 0.1) is 0 Å². The molecule has 0 N–H and O–H groups in total. The summed E-state index contributed by atoms with van der Waals surface area (Å²) < 4.78 is 0.617. The summed E-state index contributed by atoms with van der Waals surface area (Å²) in [6, 6.07) is 4.10. The predicted molar refractivity (Wildman–Crippen MR) is 51.3 cm³/mol. The summed E-state index contributed by atoms with van der Waals surface area (Å²) in [5, 5.41) is 0. The predicted octanol–water partition coefficient (Wildman–Crippen LogP) is 2.97. The third-order valence-corrected chi connectivity index (χ3v) is 3.00. The zero-order valence-corrected chi connectivity index (χ0v) is 8.08. The lowest BCUT2D eigenvalue weighted by Gasteiger charge is -2.04. The summed E-state index contributed by atoms with van der Waals surface area (Å²) in [6.07, 6.45) is 4.91. The Bertz CT molecular complexity index is 186. The van der Waals surface area contributed by atoms with E-state index in [1.54, 1.807) is 0 Å². The number of pyridine rings is 1. The van der Waals surface area contributed by atoms with Gasteiger partial charge in [-0.1, -0.05) is 35.6 Å². The van der Waals surface area contributed by atoms with Crippen LogP contribution in [0, 0.1) is 0 Å². The molecule has 1 heterocycles. The van der Waals surface area contributed by atoms with Crippen molar-refractivity contribution in [3.8, 4) is 0 Å². The van der Waals surface area contributed by atoms with Crippen molar-refractivity contribution in [2.45, 2.75) is 17.3 Å². The van der Waals surface area contributed by atoms with Crippen LogP contribution in [0.2, 0.25) is 0 Å². The summed E-state index contributed by atoms with van der Waals surface area (Å²) >= 11 is 2.43. The molecule has 0 bridgehead atoms. The minimum atomic E-state index is 0.617. The van der Waals surface area contributed by atoms with E-state index in [9.17, 15) is 0 Å². The van der Waals surface area contributed by atoms with E-state index in [4.69, 9.17) is 0 Å². The van der Waals surface area contributed by atoms with Gasteiger partial charge in [0, 0.05) is 16.3 Å². The quantitative estimate of drug-likeness (QED) is 0.578. The number of nitrogens with zero attached hydrogens (tertiary/aromatic N) is 1. The zero-order chi connectivity index (χ0) is 7.40. The van der Waals surface area contributed by atoms with E-state index < -0.39 is 0 Å². The molecule has 0 aromatic carbocycles. The van der Waals surface area contributed by atoms with Crippen molar-refractivity contribution in [2.75, 3.05) is 0 Å². The maximum atomic E-state index is 4.05. The number of halogens is 1. The van der Waals surface area contributed by atoms with Crippen LogP contribution < -0.4 is 0 Å². The Morgan fingerprint density at radius 1 is 1.70 bits per heavy atom. The number of hydrogen-bond donors (Lipinski definition) is 0. The smallest absolute Gasteiger partial charge is 0.0372 e. The Labute approximate surface area is 75.0 Å². The Hall–Kier alpha value is -0.120. The number of rotatable bonds is 2. The maximum absolute atomic E-state index is 4.05. The third kappa shape index (κ3) is 1.94. The summed E-state index contributed by atoms with van der Waals surface area (Å²) in [6.45, 7) is 2.18. The molecule has 0 amide bonds. The van der Waals surface area contributed by atoms with Crippen LogP contribution >= 0.6 is 22.6 Å². The zero-order valence-electron chi connectivity index (χ0n) is 5.92. The van der Waals surface area contributed by atoms with Crippen molar-refractivity contribution in [1.82, 2.24) is 4.98 Å². The highest BCUT2D eigenvalue weighted by Gasteiger charge is 2.01. The monoisotopic (exact) mass is 247 g/mol. The van der Waals surface area contributed by atoms with Crippen LogP contribution in [0.4, 0.5) is 0 Å². The molecule has 0 aliphatic rings. The molecule has 1 unspecified atom stereocenters. The molecule has 1 nitrogen and oxygen atoms in total. The highest BCUT2D eigenvalue weighted by molar-refractivity contribution is 14.1. The summed E-state index contributed by atoms with van der Waals surface area (Å²) in [4.78, 5) is 4.05. The van der Waals surface area contributed by atoms with Gasteiger partial charge in [-0.05, 0) is 18.1 Å². The summed E-state index contributed by atoms with van der Waals surface area (Å²) in [7, 11) is 0. The average Bonchev–Trinajstić information content (AvgIpc) is 2.05. The van der Waals surface area contributed by atoms with E-state index in [2.05, 4.69) is 40.6 Å². The molecule has 10 heavy (non-hydrogen) atoms. The Kier molecular flexibility index (Phi) is 3.12. The van der Waals surface area contributed by atoms with Gasteiger partial charge < -0.3 is 0 Å². The van der Waals surface area contributed by atoms with E-state index in [-0.39, 0.29) is 0 Å². The van der Waals surface area contributed by atoms with Crippen molar-refractivity contribution in [3.63, 3.8) is 0 Å². The first kappa shape index (κ1) is 7.98. The molecule has 0 aliphatic heterocycles. The molecule has 0 saturated carbocycles. The van der Waals surface area contributed by atoms with Gasteiger partial charge in [0.15, 0.2) is 0 Å². The molecule has 1 aromatic rings. The topological polar surface area (TPSA) is 12.9 Å². The second-order valence-corrected chi connectivity index (χ2v) is 3.67. The van der Waals surface area contributed by atoms with Crippen molar-refractivity contribution >= 4 is 22.6 Å². The summed E-state index contributed by atoms with van der Waals surface area (Å²) in [5.41, 5.74) is 1.32. The van der Waals surface area contributed by atoms with Gasteiger partial charge in [0.2, 0.25) is 0 Å². The minimum Gasteiger partial charge on any atom is -0.264 e. The summed E-state index contributed by atoms with van der Waals surface area (Å²) in [5.74, 6) is 0. The van der Waals surface area contributed by atoms with Gasteiger partial charge >= 0.3 is 0 Å². The van der Waals surface area contributed by atoms with E-state index in [0.29, 0.717) is 3.92 Å². The first-order valence-electron chi connectivity index (χ1n) is 3.38. The molecule has 2 heteroatoms. The van der Waals surface area contributed by atoms with Crippen molar-refractivity contribution in [2.24, 2.45) is 0 Å². The standard InChI is InChI=1S/C8H10IN/c1-2-8(9)7-4-3-5-10-6-7/h3-6,8H,2H2,1H3. The first-order chi connectivity index (χ1) is 4.84. The molecule has 1 atom stereocenters. The molecule has 0 fully saturated rings. The maximum Gasteiger partial charge on any atom is 0.0372 e. The lowest BCUT2D eigenvalue weighted by atomic mass is 10.2. The van der Waals surface area contributed by atoms with Crippen molar-refractivity contribution < 1.29 is 0 Å². The average molecular weight is 247 g/mol. The molecule has 54 valence electrons. The number of aromatic nitrogens is 1. The second-order valence-electron chi connectivity index (χ2n) is 2.16. The molecule has 0 spiro atoms. The van der Waals surface area contributed by atoms with Crippen LogP contribution in [0.1, 0.15) is 22.8 Å². The van der Waals surface area contributed by atoms with Crippen LogP contribution in [0.25, 0.3) is 0 Å². The van der Waals surface area contributed by atoms with Gasteiger partial charge in [-0.2, -0.15) is 0 Å². The van der Waals surface area contributed by atoms with Gasteiger partial charge in [0.25, 0.3) is 0 Å². The molecule has 1 rings (SSSR count). The minimum absolute atomic E-state index is 0.617. The van der Waals surface area contributed by atoms with Crippen LogP contribution in [0.3, 0.4) is 0 Å². The highest BCUT2D eigenvalue weighted by atomic mass is 127. The Balaban J connectivity index is 2.75. The first-order valence-corrected chi connectivity index (χ1v) is 4.63. The van der Waals surface area contributed by atoms with E-state index >= 15 is 0 Å². The van der Waals surface area contributed by atoms with Gasteiger partial charge in [-0.25, -0.2) is 0 Å². The molecule has 0 radical (unpaired) electrons. The second kappa shape index (κ2) is 3.91. The van der Waals surface area contributed by atoms with E-state index in [0.717, 1.165) is 0 Å². The largest absolute Gasteiger partial charge is 0.264 e. The molecular formula is C8H10IN. The van der Waals surface area contributed by atoms with Crippen LogP contribution in [-0.4, -0.2) is 4.98 Å². The fourth-order valence-corrected chi connectivity index (χ4v) is 1.17. The molecule has 0 aliphatic carbocycles. The lowest BCUT2D eigenvalue weighted by Crippen LogP contribution is -1.86. The van der Waals surface area contributed by atoms with Gasteiger partial charge in [-0.3, -0.25) is 4.98 Å². The van der Waals surface area contributed by atoms with Crippen molar-refractivity contribution in [3.05, 3.63) is 30.1 Å². The Morgan fingerprint density at radius 3 is 3.00 bits per heavy atom. The SMILES string of the molecule is CCC(I)c1cccnc1. The van der Waals surface area contributed by atoms with E-state index in [1.165, 1.54) is 12.0 Å². The Morgan fingerprint density at radius 2 is 2.50 bits per heavy atom. The lowest BCUT2D eigenvalue weighted by molar-refractivity contribution is 0.920. The normalized spacial score (nSPS) is 13.0. The number of hydrogen-bond acceptors (Lipinski definition) is 1. The van der Waals surface area contributed by atoms with E-state index in [1.807, 2.05) is 18.5 Å². The highest BCUT2D eigenvalue weighted by Crippen LogP contribution is 2.24. The van der Waals surface area contributed by atoms with Gasteiger partial charge in [-0.15, -0.1) is 0 Å². The van der Waals surface area contributed by atoms with Crippen LogP contribution in [0.5, 0.6) is 0 Å². The fourth-order valence-electron chi connectivity index (χ4n) is 0.797. The third-order valence-electron chi connectivity index (χ3n) is 1.40. The van der Waals surface area contributed by atoms with Crippen molar-refractivity contribution in [1.29, 1.82) is 0 Å². The molecule has 0 saturated heterocycles.